The number of fused-ring (bicyclic) bond motifs is 3. The van der Waals surface area contributed by atoms with Crippen LogP contribution in [0, 0.1) is 70.0 Å². The first kappa shape index (κ1) is 44.9. The van der Waals surface area contributed by atoms with E-state index in [-0.39, 0.29) is 64.2 Å². The van der Waals surface area contributed by atoms with Crippen LogP contribution in [0.2, 0.25) is 0 Å². The van der Waals surface area contributed by atoms with Crippen LogP contribution >= 0.6 is 0 Å². The van der Waals surface area contributed by atoms with E-state index in [9.17, 15) is 27.6 Å². The SMILES string of the molecule is CCC(C)(C)C(=O)OC1(C)C2CC3CC(C2)CC1C3.CCC(C)(C)C(=O)OC1C2CC3C(=O)OC1C3C2.CCC(C)C(=O)OC.NS(=O)(=O)C1CC2CCC1C2. The number of carbonyl (C=O) groups excluding carboxylic acids is 4. The number of hydrogen-bond donors (Lipinski definition) is 1. The van der Waals surface area contributed by atoms with Gasteiger partial charge in [0.25, 0.3) is 0 Å². The molecular formula is C44H73NO10S. The molecule has 1 heterocycles. The lowest BCUT2D eigenvalue weighted by Crippen LogP contribution is -2.58. The molecule has 11 nitrogen and oxygen atoms in total. The topological polar surface area (TPSA) is 165 Å². The minimum atomic E-state index is -3.23. The van der Waals surface area contributed by atoms with Gasteiger partial charge in [-0.05, 0) is 154 Å². The second kappa shape index (κ2) is 17.2. The van der Waals surface area contributed by atoms with Gasteiger partial charge in [-0.15, -0.1) is 0 Å². The number of nitrogens with two attached hydrogens (primary N) is 1. The van der Waals surface area contributed by atoms with E-state index in [0.717, 1.165) is 63.2 Å². The first-order chi connectivity index (χ1) is 26.1. The molecule has 8 aliphatic carbocycles. The second-order valence-corrected chi connectivity index (χ2v) is 22.0. The Morgan fingerprint density at radius 3 is 1.82 bits per heavy atom. The van der Waals surface area contributed by atoms with Crippen LogP contribution in [0.25, 0.3) is 0 Å². The number of hydrogen-bond acceptors (Lipinski definition) is 10. The van der Waals surface area contributed by atoms with Crippen LogP contribution in [0.1, 0.15) is 152 Å². The summed E-state index contributed by atoms with van der Waals surface area (Å²) in [6.07, 6.45) is 14.7. The Kier molecular flexibility index (Phi) is 13.8. The molecule has 0 aromatic carbocycles. The highest BCUT2D eigenvalue weighted by atomic mass is 32.2. The number of ether oxygens (including phenoxy) is 4. The summed E-state index contributed by atoms with van der Waals surface area (Å²) in [6, 6.07) is 0. The van der Waals surface area contributed by atoms with Crippen molar-refractivity contribution >= 4 is 33.9 Å². The number of esters is 4. The van der Waals surface area contributed by atoms with Crippen molar-refractivity contribution in [1.82, 2.24) is 0 Å². The van der Waals surface area contributed by atoms with E-state index in [2.05, 4.69) is 18.6 Å². The van der Waals surface area contributed by atoms with E-state index in [0.29, 0.717) is 35.5 Å². The Morgan fingerprint density at radius 1 is 0.821 bits per heavy atom. The third kappa shape index (κ3) is 9.31. The molecule has 1 aliphatic heterocycles. The van der Waals surface area contributed by atoms with E-state index < -0.39 is 15.4 Å². The first-order valence-electron chi connectivity index (χ1n) is 21.8. The summed E-state index contributed by atoms with van der Waals surface area (Å²) in [5, 5.41) is 4.89. The molecule has 0 spiro atoms. The molecular weight excluding hydrogens is 735 g/mol. The third-order valence-electron chi connectivity index (χ3n) is 15.9. The van der Waals surface area contributed by atoms with Crippen LogP contribution in [0.15, 0.2) is 0 Å². The standard InChI is InChI=1S/C17H28O2.C14H20O4.C7H13NO2S.C6H12O2/c1-5-16(2,3)15(18)19-17(4)13-7-11-6-12(9-13)10-14(17)8-11;1-4-14(2,3)13(16)18-10-7-5-8-9(6-7)12(15)17-11(8)10;8-11(9,10)7-4-5-1-2-6(7)3-5;1-4-5(2)6(7)8-3/h11-14H,5-10H2,1-4H3;7-11H,4-6H2,1-3H3;5-7H,1-4H2,(H2,8,9,10);5H,4H2,1-3H3. The van der Waals surface area contributed by atoms with Crippen molar-refractivity contribution in [2.24, 2.45) is 75.1 Å². The van der Waals surface area contributed by atoms with Crippen LogP contribution in [-0.4, -0.2) is 62.5 Å². The van der Waals surface area contributed by atoms with Crippen LogP contribution in [0.4, 0.5) is 0 Å². The van der Waals surface area contributed by atoms with Gasteiger partial charge < -0.3 is 18.9 Å². The monoisotopic (exact) mass is 807 g/mol. The predicted molar refractivity (Wildman–Crippen MR) is 213 cm³/mol. The molecule has 9 atom stereocenters. The number of methoxy groups -OCH3 is 1. The second-order valence-electron chi connectivity index (χ2n) is 20.3. The summed E-state index contributed by atoms with van der Waals surface area (Å²) in [7, 11) is -1.82. The number of primary sulfonamides is 1. The van der Waals surface area contributed by atoms with Gasteiger partial charge >= 0.3 is 23.9 Å². The molecule has 320 valence electrons. The van der Waals surface area contributed by atoms with Crippen LogP contribution in [0.5, 0.6) is 0 Å². The van der Waals surface area contributed by atoms with Gasteiger partial charge in [0.15, 0.2) is 0 Å². The minimum Gasteiger partial charge on any atom is -0.469 e. The van der Waals surface area contributed by atoms with Crippen molar-refractivity contribution in [2.75, 3.05) is 7.11 Å². The molecule has 8 bridgehead atoms. The smallest absolute Gasteiger partial charge is 0.312 e. The highest BCUT2D eigenvalue weighted by Crippen LogP contribution is 2.60. The van der Waals surface area contributed by atoms with Crippen LogP contribution in [-0.2, 0) is 48.1 Å². The molecule has 12 heteroatoms. The summed E-state index contributed by atoms with van der Waals surface area (Å²) in [5.74, 6) is 4.55. The van der Waals surface area contributed by atoms with Crippen molar-refractivity contribution in [3.8, 4) is 0 Å². The van der Waals surface area contributed by atoms with Gasteiger partial charge in [0.05, 0.1) is 35.0 Å². The van der Waals surface area contributed by atoms with Crippen molar-refractivity contribution in [2.45, 2.75) is 175 Å². The largest absolute Gasteiger partial charge is 0.469 e. The maximum atomic E-state index is 12.5. The maximum absolute atomic E-state index is 12.5. The first-order valence-corrected chi connectivity index (χ1v) is 23.4. The number of carbonyl (C=O) groups is 4. The van der Waals surface area contributed by atoms with Crippen molar-refractivity contribution in [1.29, 1.82) is 0 Å². The summed E-state index contributed by atoms with van der Waals surface area (Å²) in [6.45, 7) is 17.9. The van der Waals surface area contributed by atoms with Gasteiger partial charge in [-0.25, -0.2) is 13.6 Å². The van der Waals surface area contributed by atoms with E-state index in [1.54, 1.807) is 0 Å². The van der Waals surface area contributed by atoms with Gasteiger partial charge in [-0.2, -0.15) is 0 Å². The Hall–Kier alpha value is -2.21. The lowest BCUT2D eigenvalue weighted by molar-refractivity contribution is -0.211. The third-order valence-corrected chi connectivity index (χ3v) is 17.3. The average molecular weight is 808 g/mol. The molecule has 9 aliphatic rings. The molecule has 0 aromatic rings. The zero-order valence-electron chi connectivity index (χ0n) is 36.0. The molecule has 9 fully saturated rings. The van der Waals surface area contributed by atoms with Crippen molar-refractivity contribution in [3.05, 3.63) is 0 Å². The maximum Gasteiger partial charge on any atom is 0.312 e. The van der Waals surface area contributed by atoms with Gasteiger partial charge in [0.1, 0.15) is 17.8 Å². The summed E-state index contributed by atoms with van der Waals surface area (Å²) >= 11 is 0. The fraction of sp³-hybridized carbons (Fsp3) is 0.909. The van der Waals surface area contributed by atoms with E-state index in [1.807, 2.05) is 48.5 Å². The van der Waals surface area contributed by atoms with Gasteiger partial charge in [-0.3, -0.25) is 19.2 Å². The quantitative estimate of drug-likeness (QED) is 0.180. The molecule has 9 rings (SSSR count). The zero-order valence-corrected chi connectivity index (χ0v) is 36.8. The molecule has 1 saturated heterocycles. The molecule has 0 aromatic heterocycles. The molecule has 9 unspecified atom stereocenters. The average Bonchev–Trinajstić information content (AvgIpc) is 3.98. The van der Waals surface area contributed by atoms with Gasteiger partial charge in [-0.1, -0.05) is 34.1 Å². The van der Waals surface area contributed by atoms with E-state index >= 15 is 0 Å². The summed E-state index contributed by atoms with van der Waals surface area (Å²) in [5.41, 5.74) is -0.960. The van der Waals surface area contributed by atoms with Crippen LogP contribution in [0.3, 0.4) is 0 Å². The van der Waals surface area contributed by atoms with Crippen LogP contribution < -0.4 is 5.14 Å². The van der Waals surface area contributed by atoms with Gasteiger partial charge in [0, 0.05) is 11.8 Å². The fourth-order valence-corrected chi connectivity index (χ4v) is 12.5. The normalized spacial score (nSPS) is 38.6. The molecule has 0 amide bonds. The fourth-order valence-electron chi connectivity index (χ4n) is 11.2. The zero-order chi connectivity index (χ0) is 41.5. The Morgan fingerprint density at radius 2 is 1.39 bits per heavy atom. The van der Waals surface area contributed by atoms with E-state index in [1.165, 1.54) is 45.6 Å². The predicted octanol–water partition coefficient (Wildman–Crippen LogP) is 7.77. The highest BCUT2D eigenvalue weighted by molar-refractivity contribution is 7.89. The molecule has 0 radical (unpaired) electrons. The van der Waals surface area contributed by atoms with Crippen molar-refractivity contribution in [3.63, 3.8) is 0 Å². The number of sulfonamides is 1. The molecule has 56 heavy (non-hydrogen) atoms. The highest BCUT2D eigenvalue weighted by Gasteiger charge is 2.63. The van der Waals surface area contributed by atoms with Crippen molar-refractivity contribution < 1.29 is 46.5 Å². The van der Waals surface area contributed by atoms with Gasteiger partial charge in [0.2, 0.25) is 10.0 Å². The Labute approximate surface area is 337 Å². The Bertz CT molecular complexity index is 1530. The number of rotatable bonds is 9. The summed E-state index contributed by atoms with van der Waals surface area (Å²) in [4.78, 5) is 46.7. The summed E-state index contributed by atoms with van der Waals surface area (Å²) < 4.78 is 43.6. The lowest BCUT2D eigenvalue weighted by atomic mass is 9.50. The van der Waals surface area contributed by atoms with E-state index in [4.69, 9.17) is 19.3 Å². The molecule has 2 N–H and O–H groups in total. The molecule has 8 saturated carbocycles. The lowest BCUT2D eigenvalue weighted by Gasteiger charge is -2.59. The Balaban J connectivity index is 0.000000151. The minimum absolute atomic E-state index is 0.0185.